The smallest absolute Gasteiger partial charge is 0.338 e. The Hall–Kier alpha value is -2.57. The Kier molecular flexibility index (Phi) is 3.48. The number of rotatable bonds is 4. The summed E-state index contributed by atoms with van der Waals surface area (Å²) in [6.45, 7) is 0. The van der Waals surface area contributed by atoms with Crippen LogP contribution in [0.1, 0.15) is 35.2 Å². The molecule has 0 radical (unpaired) electrons. The second-order valence-corrected chi connectivity index (χ2v) is 5.26. The van der Waals surface area contributed by atoms with Gasteiger partial charge in [0.2, 0.25) is 5.95 Å². The quantitative estimate of drug-likeness (QED) is 0.908. The predicted molar refractivity (Wildman–Crippen MR) is 74.5 cm³/mol. The first-order valence-electron chi connectivity index (χ1n) is 6.80. The van der Waals surface area contributed by atoms with Gasteiger partial charge in [0.05, 0.1) is 11.1 Å². The summed E-state index contributed by atoms with van der Waals surface area (Å²) in [5.41, 5.74) is -0.961. The highest BCUT2D eigenvalue weighted by Crippen LogP contribution is 2.45. The Balaban J connectivity index is 1.93. The minimum absolute atomic E-state index is 0.0211. The van der Waals surface area contributed by atoms with E-state index in [0.717, 1.165) is 18.8 Å². The lowest BCUT2D eigenvalue weighted by Gasteiger charge is -2.43. The topological polar surface area (TPSA) is 75.1 Å². The summed E-state index contributed by atoms with van der Waals surface area (Å²) >= 11 is 0. The van der Waals surface area contributed by atoms with Crippen LogP contribution < -0.4 is 5.32 Å². The largest absolute Gasteiger partial charge is 0.478 e. The van der Waals surface area contributed by atoms with Crippen LogP contribution in [0.15, 0.2) is 30.6 Å². The molecule has 1 aromatic heterocycles. The highest BCUT2D eigenvalue weighted by Gasteiger charge is 2.43. The number of carbonyl (C=O) groups is 1. The van der Waals surface area contributed by atoms with E-state index in [4.69, 9.17) is 5.11 Å². The number of nitrogens with one attached hydrogen (secondary N) is 1. The molecular formula is C15H13F2N3O2. The van der Waals surface area contributed by atoms with Gasteiger partial charge in [0.15, 0.2) is 0 Å². The standard InChI is InChI=1S/C15H13F2N3O2/c16-10-3-1-4-11(17)12(10)15(5-2-6-15)20-14-18-7-9(8-19-14)13(21)22/h1,3-4,7-8H,2,5-6H2,(H,21,22)(H,18,19,20). The molecule has 1 aliphatic carbocycles. The summed E-state index contributed by atoms with van der Waals surface area (Å²) in [5, 5.41) is 11.8. The van der Waals surface area contributed by atoms with Crippen molar-refractivity contribution in [2.45, 2.75) is 24.8 Å². The molecule has 2 N–H and O–H groups in total. The molecule has 1 aliphatic rings. The summed E-state index contributed by atoms with van der Waals surface area (Å²) < 4.78 is 28.1. The maximum atomic E-state index is 14.0. The number of halogens is 2. The number of anilines is 1. The molecule has 0 bridgehead atoms. The molecule has 0 amide bonds. The molecule has 0 saturated heterocycles. The number of carboxylic acids is 1. The average molecular weight is 305 g/mol. The van der Waals surface area contributed by atoms with E-state index < -0.39 is 23.1 Å². The summed E-state index contributed by atoms with van der Waals surface area (Å²) in [4.78, 5) is 18.6. The first kappa shape index (κ1) is 14.4. The maximum Gasteiger partial charge on any atom is 0.338 e. The van der Waals surface area contributed by atoms with Crippen LogP contribution in [0.5, 0.6) is 0 Å². The highest BCUT2D eigenvalue weighted by molar-refractivity contribution is 5.86. The highest BCUT2D eigenvalue weighted by atomic mass is 19.1. The van der Waals surface area contributed by atoms with Crippen LogP contribution in [0.25, 0.3) is 0 Å². The summed E-state index contributed by atoms with van der Waals surface area (Å²) in [5.74, 6) is -2.22. The Morgan fingerprint density at radius 3 is 2.23 bits per heavy atom. The van der Waals surface area contributed by atoms with Gasteiger partial charge in [-0.3, -0.25) is 0 Å². The van der Waals surface area contributed by atoms with Crippen LogP contribution in [0.3, 0.4) is 0 Å². The second kappa shape index (κ2) is 5.32. The molecule has 5 nitrogen and oxygen atoms in total. The van der Waals surface area contributed by atoms with Crippen molar-refractivity contribution < 1.29 is 18.7 Å². The average Bonchev–Trinajstić information content (AvgIpc) is 2.44. The zero-order chi connectivity index (χ0) is 15.7. The van der Waals surface area contributed by atoms with Gasteiger partial charge in [-0.1, -0.05) is 6.07 Å². The number of aromatic carboxylic acids is 1. The van der Waals surface area contributed by atoms with Crippen molar-refractivity contribution >= 4 is 11.9 Å². The third-order valence-corrected chi connectivity index (χ3v) is 3.90. The monoisotopic (exact) mass is 305 g/mol. The molecule has 2 aromatic rings. The van der Waals surface area contributed by atoms with Gasteiger partial charge < -0.3 is 10.4 Å². The predicted octanol–water partition coefficient (Wildman–Crippen LogP) is 2.94. The van der Waals surface area contributed by atoms with E-state index in [0.29, 0.717) is 12.8 Å². The third kappa shape index (κ3) is 2.38. The van der Waals surface area contributed by atoms with Crippen molar-refractivity contribution in [3.05, 3.63) is 53.4 Å². The lowest BCUT2D eigenvalue weighted by Crippen LogP contribution is -2.44. The van der Waals surface area contributed by atoms with Crippen LogP contribution in [0, 0.1) is 11.6 Å². The van der Waals surface area contributed by atoms with Crippen molar-refractivity contribution in [2.75, 3.05) is 5.32 Å². The molecule has 0 spiro atoms. The van der Waals surface area contributed by atoms with E-state index in [1.54, 1.807) is 0 Å². The van der Waals surface area contributed by atoms with Gasteiger partial charge in [-0.2, -0.15) is 0 Å². The van der Waals surface area contributed by atoms with Gasteiger partial charge in [-0.05, 0) is 31.4 Å². The normalized spacial score (nSPS) is 15.9. The van der Waals surface area contributed by atoms with Gasteiger partial charge in [0, 0.05) is 18.0 Å². The van der Waals surface area contributed by atoms with Crippen molar-refractivity contribution in [3.63, 3.8) is 0 Å². The number of hydrogen-bond acceptors (Lipinski definition) is 4. The fourth-order valence-corrected chi connectivity index (χ4v) is 2.64. The summed E-state index contributed by atoms with van der Waals surface area (Å²) in [6, 6.07) is 3.75. The first-order chi connectivity index (χ1) is 10.5. The Bertz CT molecular complexity index is 695. The number of carboxylic acid groups (broad SMARTS) is 1. The molecule has 0 aliphatic heterocycles. The minimum Gasteiger partial charge on any atom is -0.478 e. The summed E-state index contributed by atoms with van der Waals surface area (Å²) in [6.07, 6.45) is 4.24. The van der Waals surface area contributed by atoms with Gasteiger partial charge in [0.25, 0.3) is 0 Å². The maximum absolute atomic E-state index is 14.0. The van der Waals surface area contributed by atoms with Crippen LogP contribution in [0.2, 0.25) is 0 Å². The van der Waals surface area contributed by atoms with Crippen LogP contribution in [-0.4, -0.2) is 21.0 Å². The lowest BCUT2D eigenvalue weighted by atomic mass is 9.71. The Labute approximate surface area is 125 Å². The molecular weight excluding hydrogens is 292 g/mol. The number of aromatic nitrogens is 2. The van der Waals surface area contributed by atoms with E-state index in [2.05, 4.69) is 15.3 Å². The third-order valence-electron chi connectivity index (χ3n) is 3.90. The molecule has 114 valence electrons. The fraction of sp³-hybridized carbons (Fsp3) is 0.267. The molecule has 0 unspecified atom stereocenters. The number of hydrogen-bond donors (Lipinski definition) is 2. The molecule has 22 heavy (non-hydrogen) atoms. The van der Waals surface area contributed by atoms with Crippen LogP contribution >= 0.6 is 0 Å². The van der Waals surface area contributed by atoms with E-state index in [1.165, 1.54) is 18.2 Å². The van der Waals surface area contributed by atoms with E-state index >= 15 is 0 Å². The SMILES string of the molecule is O=C(O)c1cnc(NC2(c3c(F)cccc3F)CCC2)nc1. The van der Waals surface area contributed by atoms with Crippen molar-refractivity contribution in [2.24, 2.45) is 0 Å². The van der Waals surface area contributed by atoms with Crippen LogP contribution in [0.4, 0.5) is 14.7 Å². The molecule has 0 atom stereocenters. The van der Waals surface area contributed by atoms with Gasteiger partial charge in [0.1, 0.15) is 11.6 Å². The molecule has 1 aromatic carbocycles. The first-order valence-corrected chi connectivity index (χ1v) is 6.80. The molecule has 1 fully saturated rings. The van der Waals surface area contributed by atoms with Crippen LogP contribution in [-0.2, 0) is 5.54 Å². The van der Waals surface area contributed by atoms with Gasteiger partial charge >= 0.3 is 5.97 Å². The van der Waals surface area contributed by atoms with Crippen molar-refractivity contribution in [1.82, 2.24) is 9.97 Å². The van der Waals surface area contributed by atoms with Gasteiger partial charge in [-0.25, -0.2) is 23.5 Å². The zero-order valence-electron chi connectivity index (χ0n) is 11.5. The van der Waals surface area contributed by atoms with Gasteiger partial charge in [-0.15, -0.1) is 0 Å². The fourth-order valence-electron chi connectivity index (χ4n) is 2.64. The minimum atomic E-state index is -1.13. The number of benzene rings is 1. The Morgan fingerprint density at radius 2 is 1.77 bits per heavy atom. The Morgan fingerprint density at radius 1 is 1.18 bits per heavy atom. The molecule has 7 heteroatoms. The lowest BCUT2D eigenvalue weighted by molar-refractivity contribution is 0.0696. The zero-order valence-corrected chi connectivity index (χ0v) is 11.5. The van der Waals surface area contributed by atoms with Crippen molar-refractivity contribution in [1.29, 1.82) is 0 Å². The van der Waals surface area contributed by atoms with E-state index in [-0.39, 0.29) is 17.1 Å². The number of nitrogens with zero attached hydrogens (tertiary/aromatic N) is 2. The van der Waals surface area contributed by atoms with E-state index in [1.807, 2.05) is 0 Å². The molecule has 1 saturated carbocycles. The molecule has 1 heterocycles. The molecule has 3 rings (SSSR count). The van der Waals surface area contributed by atoms with Crippen molar-refractivity contribution in [3.8, 4) is 0 Å². The second-order valence-electron chi connectivity index (χ2n) is 5.26. The summed E-state index contributed by atoms with van der Waals surface area (Å²) in [7, 11) is 0. The van der Waals surface area contributed by atoms with E-state index in [9.17, 15) is 13.6 Å².